The predicted molar refractivity (Wildman–Crippen MR) is 137 cm³/mol. The molecule has 0 fully saturated rings. The molecule has 0 saturated carbocycles. The third kappa shape index (κ3) is 4.31. The van der Waals surface area contributed by atoms with Gasteiger partial charge in [-0.3, -0.25) is 9.36 Å². The number of benzene rings is 2. The highest BCUT2D eigenvalue weighted by Crippen LogP contribution is 2.36. The van der Waals surface area contributed by atoms with E-state index in [1.54, 1.807) is 24.7 Å². The van der Waals surface area contributed by atoms with E-state index in [0.717, 1.165) is 11.3 Å². The Balaban J connectivity index is 1.84. The summed E-state index contributed by atoms with van der Waals surface area (Å²) >= 11 is 1.25. The van der Waals surface area contributed by atoms with Crippen molar-refractivity contribution in [3.05, 3.63) is 115 Å². The molecule has 182 valence electrons. The first kappa shape index (κ1) is 23.6. The van der Waals surface area contributed by atoms with E-state index in [9.17, 15) is 9.59 Å². The number of fused-ring (bicyclic) bond motifs is 1. The second-order valence-electron chi connectivity index (χ2n) is 8.16. The Kier molecular flexibility index (Phi) is 6.43. The molecular weight excluding hydrogens is 476 g/mol. The predicted octanol–water partition coefficient (Wildman–Crippen LogP) is 3.85. The number of carbonyl (C=O) groups excluding carboxylic acids is 1. The average molecular weight is 501 g/mol. The van der Waals surface area contributed by atoms with Gasteiger partial charge in [0.05, 0.1) is 35.6 Å². The van der Waals surface area contributed by atoms with Crippen LogP contribution < -0.4 is 19.6 Å². The number of furan rings is 1. The van der Waals surface area contributed by atoms with Crippen molar-refractivity contribution in [3.63, 3.8) is 0 Å². The molecule has 0 spiro atoms. The first-order valence-electron chi connectivity index (χ1n) is 11.5. The Labute approximate surface area is 211 Å². The molecule has 2 aromatic carbocycles. The Morgan fingerprint density at radius 2 is 1.94 bits per heavy atom. The maximum atomic E-state index is 13.8. The summed E-state index contributed by atoms with van der Waals surface area (Å²) in [5, 5.41) is 0. The molecule has 4 aromatic rings. The summed E-state index contributed by atoms with van der Waals surface area (Å²) in [6.07, 6.45) is 1.70. The van der Waals surface area contributed by atoms with E-state index in [-0.39, 0.29) is 12.2 Å². The number of hydrogen-bond donors (Lipinski definition) is 0. The Morgan fingerprint density at radius 1 is 1.14 bits per heavy atom. The van der Waals surface area contributed by atoms with Gasteiger partial charge in [0.15, 0.2) is 4.80 Å². The van der Waals surface area contributed by atoms with Crippen molar-refractivity contribution in [2.24, 2.45) is 4.99 Å². The zero-order valence-electron chi connectivity index (χ0n) is 20.1. The van der Waals surface area contributed by atoms with Crippen LogP contribution in [0.5, 0.6) is 5.75 Å². The van der Waals surface area contributed by atoms with Gasteiger partial charge in [-0.1, -0.05) is 53.8 Å². The maximum absolute atomic E-state index is 13.8. The minimum absolute atomic E-state index is 0.192. The van der Waals surface area contributed by atoms with Crippen molar-refractivity contribution in [1.82, 2.24) is 4.57 Å². The molecule has 3 heterocycles. The molecule has 0 aliphatic carbocycles. The van der Waals surface area contributed by atoms with Crippen molar-refractivity contribution in [3.8, 4) is 5.75 Å². The zero-order valence-corrected chi connectivity index (χ0v) is 20.9. The standard InChI is InChI=1S/C28H24N2O5S/c1-4-34-27(32)23-24(18-9-6-5-7-10-18)29-28-30(25(23)19-11-8-12-20(15-19)33-3)26(31)22(36-28)16-21-14-13-17(2)35-21/h5-16,25H,4H2,1-3H3/b22-16-. The van der Waals surface area contributed by atoms with Gasteiger partial charge in [-0.15, -0.1) is 0 Å². The first-order chi connectivity index (χ1) is 17.5. The lowest BCUT2D eigenvalue weighted by molar-refractivity contribution is -0.138. The maximum Gasteiger partial charge on any atom is 0.338 e. The molecule has 5 rings (SSSR count). The average Bonchev–Trinajstić information content (AvgIpc) is 3.45. The van der Waals surface area contributed by atoms with Crippen LogP contribution in [0, 0.1) is 6.92 Å². The van der Waals surface area contributed by atoms with Crippen LogP contribution in [0.15, 0.2) is 86.5 Å². The fraction of sp³-hybridized carbons (Fsp3) is 0.179. The summed E-state index contributed by atoms with van der Waals surface area (Å²) < 4.78 is 18.6. The minimum Gasteiger partial charge on any atom is -0.497 e. The van der Waals surface area contributed by atoms with Gasteiger partial charge in [-0.05, 0) is 43.7 Å². The van der Waals surface area contributed by atoms with Crippen LogP contribution in [0.3, 0.4) is 0 Å². The fourth-order valence-electron chi connectivity index (χ4n) is 4.23. The molecule has 0 amide bonds. The topological polar surface area (TPSA) is 83.0 Å². The van der Waals surface area contributed by atoms with Crippen LogP contribution in [0.4, 0.5) is 0 Å². The normalized spacial score (nSPS) is 15.4. The number of carbonyl (C=O) groups is 1. The molecule has 8 heteroatoms. The van der Waals surface area contributed by atoms with Gasteiger partial charge in [0.1, 0.15) is 17.3 Å². The third-order valence-corrected chi connectivity index (χ3v) is 6.80. The number of esters is 1. The molecule has 2 aromatic heterocycles. The van der Waals surface area contributed by atoms with Crippen molar-refractivity contribution in [1.29, 1.82) is 0 Å². The highest BCUT2D eigenvalue weighted by Gasteiger charge is 2.35. The number of aromatic nitrogens is 1. The molecular formula is C28H24N2O5S. The summed E-state index contributed by atoms with van der Waals surface area (Å²) in [7, 11) is 1.58. The molecule has 1 aliphatic heterocycles. The molecule has 1 unspecified atom stereocenters. The zero-order chi connectivity index (χ0) is 25.2. The number of hydrogen-bond acceptors (Lipinski definition) is 7. The van der Waals surface area contributed by atoms with Crippen molar-refractivity contribution < 1.29 is 18.7 Å². The second kappa shape index (κ2) is 9.83. The molecule has 0 N–H and O–H groups in total. The van der Waals surface area contributed by atoms with E-state index in [4.69, 9.17) is 18.9 Å². The monoisotopic (exact) mass is 500 g/mol. The summed E-state index contributed by atoms with van der Waals surface area (Å²) in [4.78, 5) is 32.5. The SMILES string of the molecule is CCOC(=O)C1=C(c2ccccc2)N=c2s/c(=C\c3ccc(C)o3)c(=O)n2C1c1cccc(OC)c1. The highest BCUT2D eigenvalue weighted by molar-refractivity contribution is 7.07. The second-order valence-corrected chi connectivity index (χ2v) is 9.17. The molecule has 36 heavy (non-hydrogen) atoms. The Bertz CT molecular complexity index is 1640. The van der Waals surface area contributed by atoms with Crippen molar-refractivity contribution in [2.75, 3.05) is 13.7 Å². The lowest BCUT2D eigenvalue weighted by atomic mass is 9.93. The quantitative estimate of drug-likeness (QED) is 0.376. The van der Waals surface area contributed by atoms with Gasteiger partial charge in [-0.2, -0.15) is 0 Å². The van der Waals surface area contributed by atoms with Gasteiger partial charge < -0.3 is 13.9 Å². The smallest absolute Gasteiger partial charge is 0.338 e. The number of nitrogens with zero attached hydrogens (tertiary/aromatic N) is 2. The molecule has 7 nitrogen and oxygen atoms in total. The van der Waals surface area contributed by atoms with E-state index in [0.29, 0.717) is 37.7 Å². The summed E-state index contributed by atoms with van der Waals surface area (Å²) in [5.74, 6) is 1.41. The van der Waals surface area contributed by atoms with Crippen LogP contribution in [0.1, 0.15) is 35.6 Å². The molecule has 0 saturated heterocycles. The number of aryl methyl sites for hydroxylation is 1. The minimum atomic E-state index is -0.758. The molecule has 1 atom stereocenters. The van der Waals surface area contributed by atoms with Crippen LogP contribution in [0.25, 0.3) is 11.8 Å². The van der Waals surface area contributed by atoms with E-state index >= 15 is 0 Å². The van der Waals surface area contributed by atoms with Gasteiger partial charge >= 0.3 is 5.97 Å². The Hall–Kier alpha value is -4.17. The number of ether oxygens (including phenoxy) is 2. The van der Waals surface area contributed by atoms with E-state index in [1.807, 2.05) is 73.7 Å². The largest absolute Gasteiger partial charge is 0.497 e. The van der Waals surface area contributed by atoms with Crippen LogP contribution in [-0.2, 0) is 9.53 Å². The first-order valence-corrected chi connectivity index (χ1v) is 12.3. The molecule has 0 radical (unpaired) electrons. The highest BCUT2D eigenvalue weighted by atomic mass is 32.1. The Morgan fingerprint density at radius 3 is 2.64 bits per heavy atom. The lowest BCUT2D eigenvalue weighted by Crippen LogP contribution is -2.40. The van der Waals surface area contributed by atoms with Gasteiger partial charge in [0, 0.05) is 11.6 Å². The van der Waals surface area contributed by atoms with Gasteiger partial charge in [-0.25, -0.2) is 9.79 Å². The summed E-state index contributed by atoms with van der Waals surface area (Å²) in [6, 6.07) is 19.7. The lowest BCUT2D eigenvalue weighted by Gasteiger charge is -2.26. The molecule has 0 bridgehead atoms. The van der Waals surface area contributed by atoms with Crippen LogP contribution in [0.2, 0.25) is 0 Å². The van der Waals surface area contributed by atoms with Gasteiger partial charge in [0.25, 0.3) is 5.56 Å². The number of rotatable bonds is 6. The fourth-order valence-corrected chi connectivity index (χ4v) is 5.21. The number of thiazole rings is 1. The van der Waals surface area contributed by atoms with Crippen LogP contribution in [-0.4, -0.2) is 24.3 Å². The van der Waals surface area contributed by atoms with E-state index in [1.165, 1.54) is 11.3 Å². The van der Waals surface area contributed by atoms with E-state index < -0.39 is 12.0 Å². The summed E-state index contributed by atoms with van der Waals surface area (Å²) in [5.41, 5.74) is 1.97. The van der Waals surface area contributed by atoms with E-state index in [2.05, 4.69) is 0 Å². The van der Waals surface area contributed by atoms with Gasteiger partial charge in [0.2, 0.25) is 0 Å². The third-order valence-electron chi connectivity index (χ3n) is 5.82. The molecule has 1 aliphatic rings. The number of methoxy groups -OCH3 is 1. The summed E-state index contributed by atoms with van der Waals surface area (Å²) in [6.45, 7) is 3.79. The van der Waals surface area contributed by atoms with Crippen molar-refractivity contribution >= 4 is 29.1 Å². The van der Waals surface area contributed by atoms with Crippen molar-refractivity contribution in [2.45, 2.75) is 19.9 Å². The van der Waals surface area contributed by atoms with Crippen LogP contribution >= 0.6 is 11.3 Å².